The van der Waals surface area contributed by atoms with E-state index in [1.807, 2.05) is 18.2 Å². The van der Waals surface area contributed by atoms with E-state index >= 15 is 0 Å². The van der Waals surface area contributed by atoms with Gasteiger partial charge in [-0.1, -0.05) is 30.3 Å². The van der Waals surface area contributed by atoms with E-state index in [2.05, 4.69) is 49.5 Å². The van der Waals surface area contributed by atoms with E-state index in [0.29, 0.717) is 6.54 Å². The second-order valence-electron chi connectivity index (χ2n) is 4.85. The second-order valence-corrected chi connectivity index (χ2v) is 4.85. The average Bonchev–Trinajstić information content (AvgIpc) is 2.83. The summed E-state index contributed by atoms with van der Waals surface area (Å²) in [6, 6.07) is 16.5. The topological polar surface area (TPSA) is 25.2 Å². The molecular weight excluding hydrogens is 234 g/mol. The van der Waals surface area contributed by atoms with Crippen LogP contribution in [0.25, 0.3) is 11.0 Å². The average molecular weight is 251 g/mol. The third-order valence-corrected chi connectivity index (χ3v) is 3.53. The molecule has 2 aromatic carbocycles. The van der Waals surface area contributed by atoms with Crippen LogP contribution in [0.3, 0.4) is 0 Å². The molecule has 3 rings (SSSR count). The predicted molar refractivity (Wildman–Crippen MR) is 79.5 cm³/mol. The maximum absolute atomic E-state index is 5.80. The standard InChI is InChI=1S/C17H17NO/c1-12-6-5-8-16(13(12)2)18-11-15-10-14-7-3-4-9-17(14)19-15/h3-10,18H,11H2,1-2H3. The van der Waals surface area contributed by atoms with Crippen molar-refractivity contribution >= 4 is 16.7 Å². The van der Waals surface area contributed by atoms with Gasteiger partial charge in [-0.2, -0.15) is 0 Å². The summed E-state index contributed by atoms with van der Waals surface area (Å²) >= 11 is 0. The number of para-hydroxylation sites is 1. The summed E-state index contributed by atoms with van der Waals surface area (Å²) in [6.07, 6.45) is 0. The first-order valence-electron chi connectivity index (χ1n) is 6.51. The molecule has 0 radical (unpaired) electrons. The highest BCUT2D eigenvalue weighted by Gasteiger charge is 2.04. The first-order chi connectivity index (χ1) is 9.24. The molecule has 0 unspecified atom stereocenters. The number of fused-ring (bicyclic) bond motifs is 1. The Morgan fingerprint density at radius 2 is 1.84 bits per heavy atom. The molecule has 1 N–H and O–H groups in total. The molecular formula is C17H17NO. The molecule has 96 valence electrons. The zero-order valence-corrected chi connectivity index (χ0v) is 11.2. The van der Waals surface area contributed by atoms with E-state index in [0.717, 1.165) is 16.7 Å². The van der Waals surface area contributed by atoms with Gasteiger partial charge in [-0.3, -0.25) is 0 Å². The van der Waals surface area contributed by atoms with Gasteiger partial charge in [-0.05, 0) is 43.2 Å². The van der Waals surface area contributed by atoms with Gasteiger partial charge < -0.3 is 9.73 Å². The maximum atomic E-state index is 5.80. The number of nitrogens with one attached hydrogen (secondary N) is 1. The van der Waals surface area contributed by atoms with E-state index in [9.17, 15) is 0 Å². The first kappa shape index (κ1) is 11.8. The lowest BCUT2D eigenvalue weighted by molar-refractivity contribution is 0.559. The molecule has 2 nitrogen and oxygen atoms in total. The minimum atomic E-state index is 0.707. The van der Waals surface area contributed by atoms with Crippen molar-refractivity contribution in [3.05, 3.63) is 65.4 Å². The number of furan rings is 1. The summed E-state index contributed by atoms with van der Waals surface area (Å²) in [6.45, 7) is 4.97. The summed E-state index contributed by atoms with van der Waals surface area (Å²) < 4.78 is 5.80. The minimum absolute atomic E-state index is 0.707. The summed E-state index contributed by atoms with van der Waals surface area (Å²) in [5.74, 6) is 0.960. The monoisotopic (exact) mass is 251 g/mol. The van der Waals surface area contributed by atoms with Gasteiger partial charge in [0.25, 0.3) is 0 Å². The molecule has 0 aliphatic rings. The highest BCUT2D eigenvalue weighted by Crippen LogP contribution is 2.22. The van der Waals surface area contributed by atoms with Gasteiger partial charge in [-0.15, -0.1) is 0 Å². The molecule has 0 spiro atoms. The highest BCUT2D eigenvalue weighted by molar-refractivity contribution is 5.77. The Labute approximate surface area is 113 Å². The van der Waals surface area contributed by atoms with E-state index in [-0.39, 0.29) is 0 Å². The fourth-order valence-electron chi connectivity index (χ4n) is 2.25. The Balaban J connectivity index is 1.80. The van der Waals surface area contributed by atoms with E-state index in [1.165, 1.54) is 16.8 Å². The zero-order valence-electron chi connectivity index (χ0n) is 11.2. The summed E-state index contributed by atoms with van der Waals surface area (Å²) in [7, 11) is 0. The summed E-state index contributed by atoms with van der Waals surface area (Å²) in [5.41, 5.74) is 4.70. The van der Waals surface area contributed by atoms with Crippen LogP contribution in [0.4, 0.5) is 5.69 Å². The van der Waals surface area contributed by atoms with Crippen LogP contribution in [0.15, 0.2) is 52.9 Å². The molecule has 0 bridgehead atoms. The quantitative estimate of drug-likeness (QED) is 0.732. The minimum Gasteiger partial charge on any atom is -0.459 e. The molecule has 1 heterocycles. The predicted octanol–water partition coefficient (Wildman–Crippen LogP) is 4.66. The summed E-state index contributed by atoms with van der Waals surface area (Å²) in [5, 5.41) is 4.59. The Kier molecular flexibility index (Phi) is 3.00. The molecule has 0 atom stereocenters. The lowest BCUT2D eigenvalue weighted by Crippen LogP contribution is -2.00. The van der Waals surface area contributed by atoms with Gasteiger partial charge in [0.1, 0.15) is 11.3 Å². The van der Waals surface area contributed by atoms with Gasteiger partial charge in [0.05, 0.1) is 6.54 Å². The normalized spacial score (nSPS) is 10.8. The molecule has 0 amide bonds. The fraction of sp³-hybridized carbons (Fsp3) is 0.176. The van der Waals surface area contributed by atoms with Crippen LogP contribution in [-0.4, -0.2) is 0 Å². The number of rotatable bonds is 3. The number of hydrogen-bond acceptors (Lipinski definition) is 2. The van der Waals surface area contributed by atoms with Crippen molar-refractivity contribution in [3.8, 4) is 0 Å². The largest absolute Gasteiger partial charge is 0.459 e. The van der Waals surface area contributed by atoms with E-state index in [1.54, 1.807) is 0 Å². The fourth-order valence-corrected chi connectivity index (χ4v) is 2.25. The Morgan fingerprint density at radius 1 is 1.00 bits per heavy atom. The third kappa shape index (κ3) is 2.34. The molecule has 19 heavy (non-hydrogen) atoms. The lowest BCUT2D eigenvalue weighted by Gasteiger charge is -2.09. The SMILES string of the molecule is Cc1cccc(NCc2cc3ccccc3o2)c1C. The molecule has 0 saturated heterocycles. The van der Waals surface area contributed by atoms with Gasteiger partial charge in [0.15, 0.2) is 0 Å². The molecule has 0 saturated carbocycles. The Bertz CT molecular complexity index is 679. The van der Waals surface area contributed by atoms with Crippen LogP contribution in [0.1, 0.15) is 16.9 Å². The zero-order chi connectivity index (χ0) is 13.2. The number of hydrogen-bond donors (Lipinski definition) is 1. The van der Waals surface area contributed by atoms with Crippen LogP contribution in [0, 0.1) is 13.8 Å². The number of benzene rings is 2. The molecule has 0 fully saturated rings. The van der Waals surface area contributed by atoms with Crippen molar-refractivity contribution in [1.29, 1.82) is 0 Å². The maximum Gasteiger partial charge on any atom is 0.134 e. The van der Waals surface area contributed by atoms with Crippen LogP contribution in [0.2, 0.25) is 0 Å². The number of aryl methyl sites for hydroxylation is 1. The van der Waals surface area contributed by atoms with Crippen molar-refractivity contribution in [2.24, 2.45) is 0 Å². The molecule has 3 aromatic rings. The molecule has 0 aliphatic heterocycles. The van der Waals surface area contributed by atoms with Crippen molar-refractivity contribution in [2.75, 3.05) is 5.32 Å². The molecule has 1 aromatic heterocycles. The molecule has 2 heteroatoms. The van der Waals surface area contributed by atoms with Crippen molar-refractivity contribution in [1.82, 2.24) is 0 Å². The van der Waals surface area contributed by atoms with Crippen molar-refractivity contribution in [3.63, 3.8) is 0 Å². The van der Waals surface area contributed by atoms with Crippen LogP contribution in [-0.2, 0) is 6.54 Å². The smallest absolute Gasteiger partial charge is 0.134 e. The van der Waals surface area contributed by atoms with Gasteiger partial charge >= 0.3 is 0 Å². The second kappa shape index (κ2) is 4.81. The third-order valence-electron chi connectivity index (χ3n) is 3.53. The van der Waals surface area contributed by atoms with Gasteiger partial charge in [-0.25, -0.2) is 0 Å². The van der Waals surface area contributed by atoms with E-state index in [4.69, 9.17) is 4.42 Å². The highest BCUT2D eigenvalue weighted by atomic mass is 16.3. The number of anilines is 1. The Hall–Kier alpha value is -2.22. The van der Waals surface area contributed by atoms with Crippen molar-refractivity contribution in [2.45, 2.75) is 20.4 Å². The van der Waals surface area contributed by atoms with Crippen LogP contribution in [0.5, 0.6) is 0 Å². The molecule has 0 aliphatic carbocycles. The summed E-state index contributed by atoms with van der Waals surface area (Å²) in [4.78, 5) is 0. The van der Waals surface area contributed by atoms with Crippen LogP contribution < -0.4 is 5.32 Å². The van der Waals surface area contributed by atoms with Crippen LogP contribution >= 0.6 is 0 Å². The van der Waals surface area contributed by atoms with Gasteiger partial charge in [0, 0.05) is 11.1 Å². The van der Waals surface area contributed by atoms with Crippen molar-refractivity contribution < 1.29 is 4.42 Å². The lowest BCUT2D eigenvalue weighted by atomic mass is 10.1. The first-order valence-corrected chi connectivity index (χ1v) is 6.51. The van der Waals surface area contributed by atoms with Gasteiger partial charge in [0.2, 0.25) is 0 Å². The Morgan fingerprint density at radius 3 is 2.68 bits per heavy atom. The van der Waals surface area contributed by atoms with E-state index < -0.39 is 0 Å².